The van der Waals surface area contributed by atoms with Crippen LogP contribution in [0.25, 0.3) is 0 Å². The molecule has 18 heavy (non-hydrogen) atoms. The van der Waals surface area contributed by atoms with Crippen LogP contribution in [0.3, 0.4) is 0 Å². The topological polar surface area (TPSA) is 24.1 Å². The van der Waals surface area contributed by atoms with Crippen LogP contribution < -0.4 is 10.6 Å². The van der Waals surface area contributed by atoms with Gasteiger partial charge in [0.15, 0.2) is 0 Å². The summed E-state index contributed by atoms with van der Waals surface area (Å²) in [4.78, 5) is 0. The summed E-state index contributed by atoms with van der Waals surface area (Å²) in [5, 5.41) is 7.34. The maximum Gasteiger partial charge on any atom is 0.0335 e. The summed E-state index contributed by atoms with van der Waals surface area (Å²) in [7, 11) is 0. The van der Waals surface area contributed by atoms with E-state index in [1.54, 1.807) is 0 Å². The first kappa shape index (κ1) is 12.2. The second-order valence-corrected chi connectivity index (χ2v) is 6.26. The summed E-state index contributed by atoms with van der Waals surface area (Å²) in [5.74, 6) is 0. The Hall–Kier alpha value is -0.860. The Labute approximate surface area is 110 Å². The summed E-state index contributed by atoms with van der Waals surface area (Å²) in [6.45, 7) is 5.73. The van der Waals surface area contributed by atoms with E-state index in [9.17, 15) is 0 Å². The fourth-order valence-electron chi connectivity index (χ4n) is 3.20. The van der Waals surface area contributed by atoms with Crippen molar-refractivity contribution in [3.63, 3.8) is 0 Å². The van der Waals surface area contributed by atoms with E-state index in [4.69, 9.17) is 0 Å². The van der Waals surface area contributed by atoms with Gasteiger partial charge in [0.05, 0.1) is 0 Å². The van der Waals surface area contributed by atoms with Gasteiger partial charge < -0.3 is 10.6 Å². The third-order valence-electron chi connectivity index (χ3n) is 4.69. The van der Waals surface area contributed by atoms with Crippen LogP contribution in [0.2, 0.25) is 0 Å². The molecule has 0 bridgehead atoms. The number of hydrogen-bond donors (Lipinski definition) is 2. The molecular weight excluding hydrogens is 220 g/mol. The van der Waals surface area contributed by atoms with Crippen LogP contribution in [-0.4, -0.2) is 13.1 Å². The molecule has 1 saturated carbocycles. The van der Waals surface area contributed by atoms with Crippen molar-refractivity contribution < 1.29 is 0 Å². The van der Waals surface area contributed by atoms with Gasteiger partial charge in [-0.25, -0.2) is 0 Å². The van der Waals surface area contributed by atoms with Crippen molar-refractivity contribution in [2.24, 2.45) is 5.41 Å². The first-order valence-corrected chi connectivity index (χ1v) is 7.29. The molecule has 1 aromatic carbocycles. The van der Waals surface area contributed by atoms with Crippen molar-refractivity contribution in [2.45, 2.75) is 45.2 Å². The SMILES string of the molecule is CC1(CNC2CCNCc3ccccc32)CCC1. The molecule has 2 heteroatoms. The zero-order valence-electron chi connectivity index (χ0n) is 11.3. The van der Waals surface area contributed by atoms with Crippen LogP contribution in [-0.2, 0) is 6.54 Å². The molecule has 3 rings (SSSR count). The quantitative estimate of drug-likeness (QED) is 0.854. The number of fused-ring (bicyclic) bond motifs is 1. The Balaban J connectivity index is 1.71. The minimum absolute atomic E-state index is 0.536. The highest BCUT2D eigenvalue weighted by molar-refractivity contribution is 5.31. The van der Waals surface area contributed by atoms with Gasteiger partial charge in [0.2, 0.25) is 0 Å². The second kappa shape index (κ2) is 5.02. The van der Waals surface area contributed by atoms with Gasteiger partial charge in [-0.05, 0) is 42.3 Å². The standard InChI is InChI=1S/C16H24N2/c1-16(8-4-9-16)12-18-15-7-10-17-11-13-5-2-3-6-14(13)15/h2-3,5-6,15,17-18H,4,7-12H2,1H3. The Morgan fingerprint density at radius 1 is 1.33 bits per heavy atom. The van der Waals surface area contributed by atoms with E-state index in [-0.39, 0.29) is 0 Å². The molecule has 0 aromatic heterocycles. The predicted molar refractivity (Wildman–Crippen MR) is 75.5 cm³/mol. The summed E-state index contributed by atoms with van der Waals surface area (Å²) < 4.78 is 0. The zero-order valence-corrected chi connectivity index (χ0v) is 11.3. The van der Waals surface area contributed by atoms with Crippen molar-refractivity contribution >= 4 is 0 Å². The maximum atomic E-state index is 3.82. The molecular formula is C16H24N2. The van der Waals surface area contributed by atoms with Gasteiger partial charge in [-0.3, -0.25) is 0 Å². The smallest absolute Gasteiger partial charge is 0.0335 e. The van der Waals surface area contributed by atoms with Crippen LogP contribution in [0.4, 0.5) is 0 Å². The van der Waals surface area contributed by atoms with E-state index in [0.29, 0.717) is 11.5 Å². The molecule has 0 spiro atoms. The highest BCUT2D eigenvalue weighted by atomic mass is 15.0. The highest BCUT2D eigenvalue weighted by Crippen LogP contribution is 2.40. The van der Waals surface area contributed by atoms with Crippen LogP contribution in [0.1, 0.15) is 49.8 Å². The highest BCUT2D eigenvalue weighted by Gasteiger charge is 2.32. The normalized spacial score (nSPS) is 25.9. The Bertz CT molecular complexity index is 409. The molecule has 1 aliphatic heterocycles. The summed E-state index contributed by atoms with van der Waals surface area (Å²) in [6, 6.07) is 9.41. The first-order valence-electron chi connectivity index (χ1n) is 7.29. The van der Waals surface area contributed by atoms with E-state index in [2.05, 4.69) is 41.8 Å². The average Bonchev–Trinajstić information content (AvgIpc) is 2.56. The van der Waals surface area contributed by atoms with Crippen molar-refractivity contribution in [3.8, 4) is 0 Å². The van der Waals surface area contributed by atoms with Gasteiger partial charge in [-0.1, -0.05) is 37.6 Å². The van der Waals surface area contributed by atoms with Crippen molar-refractivity contribution in [2.75, 3.05) is 13.1 Å². The van der Waals surface area contributed by atoms with Gasteiger partial charge in [0.1, 0.15) is 0 Å². The van der Waals surface area contributed by atoms with Crippen molar-refractivity contribution in [1.82, 2.24) is 10.6 Å². The minimum Gasteiger partial charge on any atom is -0.313 e. The van der Waals surface area contributed by atoms with Crippen LogP contribution >= 0.6 is 0 Å². The zero-order chi connectivity index (χ0) is 12.4. The minimum atomic E-state index is 0.536. The lowest BCUT2D eigenvalue weighted by Gasteiger charge is -2.39. The molecule has 0 saturated heterocycles. The molecule has 1 heterocycles. The Kier molecular flexibility index (Phi) is 3.40. The Morgan fingerprint density at radius 2 is 2.17 bits per heavy atom. The third kappa shape index (κ3) is 2.45. The van der Waals surface area contributed by atoms with Gasteiger partial charge in [-0.15, -0.1) is 0 Å². The van der Waals surface area contributed by atoms with E-state index in [1.165, 1.54) is 43.4 Å². The van der Waals surface area contributed by atoms with E-state index in [0.717, 1.165) is 13.1 Å². The molecule has 1 aliphatic carbocycles. The number of hydrogen-bond acceptors (Lipinski definition) is 2. The molecule has 2 N–H and O–H groups in total. The largest absolute Gasteiger partial charge is 0.313 e. The Morgan fingerprint density at radius 3 is 2.94 bits per heavy atom. The van der Waals surface area contributed by atoms with E-state index >= 15 is 0 Å². The first-order chi connectivity index (χ1) is 8.77. The molecule has 1 fully saturated rings. The van der Waals surface area contributed by atoms with Crippen LogP contribution in [0, 0.1) is 5.41 Å². The summed E-state index contributed by atoms with van der Waals surface area (Å²) in [5.41, 5.74) is 3.53. The summed E-state index contributed by atoms with van der Waals surface area (Å²) in [6.07, 6.45) is 5.41. The molecule has 2 aliphatic rings. The third-order valence-corrected chi connectivity index (χ3v) is 4.69. The predicted octanol–water partition coefficient (Wildman–Crippen LogP) is 3.00. The molecule has 0 amide bonds. The molecule has 1 aromatic rings. The fraction of sp³-hybridized carbons (Fsp3) is 0.625. The van der Waals surface area contributed by atoms with Crippen molar-refractivity contribution in [3.05, 3.63) is 35.4 Å². The average molecular weight is 244 g/mol. The van der Waals surface area contributed by atoms with E-state index in [1.807, 2.05) is 0 Å². The fourth-order valence-corrected chi connectivity index (χ4v) is 3.20. The summed E-state index contributed by atoms with van der Waals surface area (Å²) >= 11 is 0. The van der Waals surface area contributed by atoms with Crippen LogP contribution in [0.5, 0.6) is 0 Å². The second-order valence-electron chi connectivity index (χ2n) is 6.26. The van der Waals surface area contributed by atoms with Crippen molar-refractivity contribution in [1.29, 1.82) is 0 Å². The molecule has 1 atom stereocenters. The van der Waals surface area contributed by atoms with Gasteiger partial charge >= 0.3 is 0 Å². The van der Waals surface area contributed by atoms with Gasteiger partial charge in [-0.2, -0.15) is 0 Å². The number of nitrogens with one attached hydrogen (secondary N) is 2. The van der Waals surface area contributed by atoms with E-state index < -0.39 is 0 Å². The lowest BCUT2D eigenvalue weighted by atomic mass is 9.70. The lowest BCUT2D eigenvalue weighted by Crippen LogP contribution is -2.39. The number of benzene rings is 1. The number of rotatable bonds is 3. The van der Waals surface area contributed by atoms with Gasteiger partial charge in [0.25, 0.3) is 0 Å². The molecule has 0 radical (unpaired) electrons. The molecule has 2 nitrogen and oxygen atoms in total. The van der Waals surface area contributed by atoms with Crippen LogP contribution in [0.15, 0.2) is 24.3 Å². The maximum absolute atomic E-state index is 3.82. The monoisotopic (exact) mass is 244 g/mol. The molecule has 1 unspecified atom stereocenters. The lowest BCUT2D eigenvalue weighted by molar-refractivity contribution is 0.150. The molecule has 98 valence electrons. The van der Waals surface area contributed by atoms with Gasteiger partial charge in [0, 0.05) is 19.1 Å².